The fraction of sp³-hybridized carbons (Fsp3) is 0.267. The molecule has 0 atom stereocenters. The van der Waals surface area contributed by atoms with Crippen molar-refractivity contribution in [1.82, 2.24) is 14.8 Å². The van der Waals surface area contributed by atoms with Gasteiger partial charge < -0.3 is 19.1 Å². The highest BCUT2D eigenvalue weighted by molar-refractivity contribution is 8.00. The molecule has 1 aliphatic rings. The van der Waals surface area contributed by atoms with Gasteiger partial charge in [-0.05, 0) is 72.5 Å². The Hall–Kier alpha value is -3.75. The molecule has 1 aromatic heterocycles. The maximum absolute atomic E-state index is 13.3. The van der Waals surface area contributed by atoms with E-state index in [0.29, 0.717) is 12.1 Å². The number of fused-ring (bicyclic) bond motifs is 1. The molecule has 1 aliphatic heterocycles. The van der Waals surface area contributed by atoms with E-state index < -0.39 is 0 Å². The molecular weight excluding hydrogens is 496 g/mol. The number of carbonyl (C=O) groups is 1. The SMILES string of the molecule is COc1cc(CN2CCCN(C(=O)c3ccc(NSc4cccc5cccnc45)cc3)CC2)cc(OC)c1. The Kier molecular flexibility index (Phi) is 8.31. The van der Waals surface area contributed by atoms with Gasteiger partial charge in [-0.15, -0.1) is 0 Å². The molecule has 0 aliphatic carbocycles. The number of amides is 1. The monoisotopic (exact) mass is 528 g/mol. The molecular formula is C30H32N4O3S. The number of nitrogens with one attached hydrogen (secondary N) is 1. The number of methoxy groups -OCH3 is 2. The first-order valence-corrected chi connectivity index (χ1v) is 13.5. The lowest BCUT2D eigenvalue weighted by Crippen LogP contribution is -2.35. The summed E-state index contributed by atoms with van der Waals surface area (Å²) >= 11 is 1.52. The Balaban J connectivity index is 1.17. The highest BCUT2D eigenvalue weighted by Gasteiger charge is 2.21. The van der Waals surface area contributed by atoms with Crippen molar-refractivity contribution >= 4 is 34.4 Å². The van der Waals surface area contributed by atoms with Gasteiger partial charge in [-0.25, -0.2) is 0 Å². The minimum atomic E-state index is 0.0763. The molecule has 4 aromatic rings. The standard InChI is InChI=1S/C30H32N4O3S/c1-36-26-18-22(19-27(20-26)37-2)21-33-14-5-15-34(17-16-33)30(35)24-9-11-25(12-10-24)32-38-28-8-3-6-23-7-4-13-31-29(23)28/h3-4,6-13,18-20,32H,5,14-17,21H2,1-2H3. The van der Waals surface area contributed by atoms with Gasteiger partial charge in [0.05, 0.1) is 24.6 Å². The second-order valence-corrected chi connectivity index (χ2v) is 10.1. The van der Waals surface area contributed by atoms with Crippen molar-refractivity contribution < 1.29 is 14.3 Å². The van der Waals surface area contributed by atoms with Gasteiger partial charge >= 0.3 is 0 Å². The molecule has 1 fully saturated rings. The van der Waals surface area contributed by atoms with Crippen molar-refractivity contribution in [3.63, 3.8) is 0 Å². The van der Waals surface area contributed by atoms with E-state index in [-0.39, 0.29) is 5.91 Å². The smallest absolute Gasteiger partial charge is 0.253 e. The van der Waals surface area contributed by atoms with Crippen molar-refractivity contribution in [3.8, 4) is 11.5 Å². The van der Waals surface area contributed by atoms with Crippen LogP contribution in [0.5, 0.6) is 11.5 Å². The van der Waals surface area contributed by atoms with Crippen molar-refractivity contribution in [3.05, 3.63) is 90.1 Å². The van der Waals surface area contributed by atoms with Crippen LogP contribution < -0.4 is 14.2 Å². The fourth-order valence-electron chi connectivity index (χ4n) is 4.68. The third-order valence-electron chi connectivity index (χ3n) is 6.70. The zero-order valence-electron chi connectivity index (χ0n) is 21.7. The molecule has 1 amide bonds. The molecule has 0 unspecified atom stereocenters. The minimum absolute atomic E-state index is 0.0763. The Morgan fingerprint density at radius 1 is 0.921 bits per heavy atom. The summed E-state index contributed by atoms with van der Waals surface area (Å²) in [6, 6.07) is 23.8. The van der Waals surface area contributed by atoms with Crippen LogP contribution in [0, 0.1) is 0 Å². The number of anilines is 1. The number of ether oxygens (including phenoxy) is 2. The van der Waals surface area contributed by atoms with E-state index in [1.165, 1.54) is 11.9 Å². The molecule has 1 N–H and O–H groups in total. The lowest BCUT2D eigenvalue weighted by Gasteiger charge is -2.22. The Morgan fingerprint density at radius 3 is 2.45 bits per heavy atom. The summed E-state index contributed by atoms with van der Waals surface area (Å²) in [4.78, 5) is 23.2. The second-order valence-electron chi connectivity index (χ2n) is 9.26. The van der Waals surface area contributed by atoms with Crippen LogP contribution in [0.3, 0.4) is 0 Å². The van der Waals surface area contributed by atoms with E-state index in [1.54, 1.807) is 14.2 Å². The number of rotatable bonds is 8. The maximum Gasteiger partial charge on any atom is 0.253 e. The second kappa shape index (κ2) is 12.2. The number of hydrogen-bond acceptors (Lipinski definition) is 7. The van der Waals surface area contributed by atoms with Crippen LogP contribution in [0.1, 0.15) is 22.3 Å². The highest BCUT2D eigenvalue weighted by Crippen LogP contribution is 2.28. The molecule has 0 spiro atoms. The van der Waals surface area contributed by atoms with Crippen molar-refractivity contribution in [1.29, 1.82) is 0 Å². The quantitative estimate of drug-likeness (QED) is 0.294. The summed E-state index contributed by atoms with van der Waals surface area (Å²) in [5.74, 6) is 1.65. The summed E-state index contributed by atoms with van der Waals surface area (Å²) in [5, 5.41) is 1.11. The van der Waals surface area contributed by atoms with Crippen LogP contribution in [0.15, 0.2) is 83.9 Å². The number of pyridine rings is 1. The zero-order chi connectivity index (χ0) is 26.3. The third kappa shape index (κ3) is 6.20. The normalized spacial score (nSPS) is 14.2. The Bertz CT molecular complexity index is 1370. The Morgan fingerprint density at radius 2 is 1.68 bits per heavy atom. The molecule has 38 heavy (non-hydrogen) atoms. The summed E-state index contributed by atoms with van der Waals surface area (Å²) in [6.45, 7) is 4.00. The van der Waals surface area contributed by atoms with Crippen LogP contribution in [0.2, 0.25) is 0 Å². The van der Waals surface area contributed by atoms with E-state index >= 15 is 0 Å². The minimum Gasteiger partial charge on any atom is -0.497 e. The fourth-order valence-corrected chi connectivity index (χ4v) is 5.46. The third-order valence-corrected chi connectivity index (χ3v) is 7.59. The average molecular weight is 529 g/mol. The Labute approximate surface area is 227 Å². The first-order chi connectivity index (χ1) is 18.6. The number of aromatic nitrogens is 1. The topological polar surface area (TPSA) is 66.9 Å². The van der Waals surface area contributed by atoms with Crippen molar-refractivity contribution in [2.75, 3.05) is 45.1 Å². The molecule has 2 heterocycles. The maximum atomic E-state index is 13.3. The molecule has 8 heteroatoms. The van der Waals surface area contributed by atoms with Crippen LogP contribution in [-0.2, 0) is 6.54 Å². The molecule has 3 aromatic carbocycles. The summed E-state index contributed by atoms with van der Waals surface area (Å²) in [5.41, 5.74) is 3.76. The number of nitrogens with zero attached hydrogens (tertiary/aromatic N) is 3. The van der Waals surface area contributed by atoms with E-state index in [2.05, 4.69) is 32.8 Å². The van der Waals surface area contributed by atoms with E-state index in [0.717, 1.165) is 71.1 Å². The van der Waals surface area contributed by atoms with Crippen molar-refractivity contribution in [2.45, 2.75) is 17.9 Å². The summed E-state index contributed by atoms with van der Waals surface area (Å²) in [7, 11) is 3.33. The predicted octanol–water partition coefficient (Wildman–Crippen LogP) is 5.72. The van der Waals surface area contributed by atoms with E-state index in [1.807, 2.05) is 65.7 Å². The summed E-state index contributed by atoms with van der Waals surface area (Å²) < 4.78 is 14.2. The zero-order valence-corrected chi connectivity index (χ0v) is 22.5. The lowest BCUT2D eigenvalue weighted by atomic mass is 10.2. The number of para-hydroxylation sites is 1. The van der Waals surface area contributed by atoms with Gasteiger partial charge in [0.1, 0.15) is 11.5 Å². The van der Waals surface area contributed by atoms with Gasteiger partial charge in [0.25, 0.3) is 5.91 Å². The van der Waals surface area contributed by atoms with Gasteiger partial charge in [-0.1, -0.05) is 18.2 Å². The predicted molar refractivity (Wildman–Crippen MR) is 153 cm³/mol. The largest absolute Gasteiger partial charge is 0.497 e. The number of carbonyl (C=O) groups excluding carboxylic acids is 1. The van der Waals surface area contributed by atoms with Crippen molar-refractivity contribution in [2.24, 2.45) is 0 Å². The highest BCUT2D eigenvalue weighted by atomic mass is 32.2. The molecule has 196 valence electrons. The summed E-state index contributed by atoms with van der Waals surface area (Å²) in [6.07, 6.45) is 2.74. The van der Waals surface area contributed by atoms with E-state index in [4.69, 9.17) is 9.47 Å². The molecule has 0 bridgehead atoms. The molecule has 0 saturated carbocycles. The number of hydrogen-bond donors (Lipinski definition) is 1. The van der Waals surface area contributed by atoms with Crippen LogP contribution in [-0.4, -0.2) is 61.1 Å². The molecule has 0 radical (unpaired) electrons. The average Bonchev–Trinajstić information content (AvgIpc) is 3.21. The molecule has 5 rings (SSSR count). The van der Waals surface area contributed by atoms with Gasteiger partial charge in [-0.2, -0.15) is 0 Å². The van der Waals surface area contributed by atoms with Gasteiger partial charge in [0.2, 0.25) is 0 Å². The molecule has 7 nitrogen and oxygen atoms in total. The first-order valence-electron chi connectivity index (χ1n) is 12.7. The first kappa shape index (κ1) is 25.9. The van der Waals surface area contributed by atoms with Crippen LogP contribution in [0.4, 0.5) is 5.69 Å². The van der Waals surface area contributed by atoms with E-state index in [9.17, 15) is 4.79 Å². The number of benzene rings is 3. The van der Waals surface area contributed by atoms with Gasteiger partial charge in [0, 0.05) is 61.6 Å². The van der Waals surface area contributed by atoms with Gasteiger partial charge in [0.15, 0.2) is 0 Å². The lowest BCUT2D eigenvalue weighted by molar-refractivity contribution is 0.0761. The van der Waals surface area contributed by atoms with Crippen LogP contribution in [0.25, 0.3) is 10.9 Å². The molecule has 1 saturated heterocycles. The van der Waals surface area contributed by atoms with Crippen LogP contribution >= 0.6 is 11.9 Å². The van der Waals surface area contributed by atoms with Gasteiger partial charge in [-0.3, -0.25) is 14.7 Å².